The van der Waals surface area contributed by atoms with Gasteiger partial charge in [-0.1, -0.05) is 5.16 Å². The lowest BCUT2D eigenvalue weighted by Crippen LogP contribution is -2.39. The van der Waals surface area contributed by atoms with E-state index < -0.39 is 0 Å². The van der Waals surface area contributed by atoms with Crippen molar-refractivity contribution in [1.82, 2.24) is 15.4 Å². The summed E-state index contributed by atoms with van der Waals surface area (Å²) in [6, 6.07) is 12.9. The maximum Gasteiger partial charge on any atom is 0.251 e. The molecule has 3 aliphatic rings. The van der Waals surface area contributed by atoms with Crippen LogP contribution in [0.1, 0.15) is 66.9 Å². The molecule has 2 aliphatic heterocycles. The zero-order valence-electron chi connectivity index (χ0n) is 22.6. The summed E-state index contributed by atoms with van der Waals surface area (Å²) in [5.74, 6) is 0.861. The van der Waals surface area contributed by atoms with Gasteiger partial charge < -0.3 is 24.4 Å². The molecule has 1 aromatic heterocycles. The van der Waals surface area contributed by atoms with E-state index in [1.165, 1.54) is 25.3 Å². The van der Waals surface area contributed by atoms with E-state index >= 15 is 0 Å². The third-order valence-electron chi connectivity index (χ3n) is 8.98. The van der Waals surface area contributed by atoms with E-state index in [2.05, 4.69) is 20.3 Å². The third kappa shape index (κ3) is 6.28. The van der Waals surface area contributed by atoms with Gasteiger partial charge in [-0.15, -0.1) is 0 Å². The van der Waals surface area contributed by atoms with E-state index in [9.17, 15) is 9.18 Å². The van der Waals surface area contributed by atoms with Crippen molar-refractivity contribution < 1.29 is 18.4 Å². The number of amides is 1. The van der Waals surface area contributed by atoms with Crippen LogP contribution in [0.4, 0.5) is 10.1 Å². The number of hydrogen-bond donors (Lipinski definition) is 1. The molecule has 208 valence electrons. The van der Waals surface area contributed by atoms with Gasteiger partial charge in [-0.25, -0.2) is 4.39 Å². The molecule has 0 atom stereocenters. The Kier molecular flexibility index (Phi) is 8.11. The summed E-state index contributed by atoms with van der Waals surface area (Å²) in [5.41, 5.74) is 3.47. The van der Waals surface area contributed by atoms with Gasteiger partial charge >= 0.3 is 0 Å². The zero-order chi connectivity index (χ0) is 26.6. The van der Waals surface area contributed by atoms with Crippen LogP contribution in [0, 0.1) is 11.7 Å². The largest absolute Gasteiger partial charge is 0.378 e. The Labute approximate surface area is 229 Å². The van der Waals surface area contributed by atoms with Crippen molar-refractivity contribution in [3.63, 3.8) is 0 Å². The summed E-state index contributed by atoms with van der Waals surface area (Å²) >= 11 is 0. The van der Waals surface area contributed by atoms with E-state index in [0.29, 0.717) is 11.5 Å². The molecule has 39 heavy (non-hydrogen) atoms. The lowest BCUT2D eigenvalue weighted by molar-refractivity contribution is 0.0919. The van der Waals surface area contributed by atoms with Gasteiger partial charge in [0.1, 0.15) is 5.82 Å². The first-order chi connectivity index (χ1) is 19.1. The zero-order valence-corrected chi connectivity index (χ0v) is 22.6. The normalized spacial score (nSPS) is 23.3. The second-order valence-corrected chi connectivity index (χ2v) is 11.5. The Balaban J connectivity index is 0.906. The molecule has 1 N–H and O–H groups in total. The van der Waals surface area contributed by atoms with Crippen LogP contribution in [-0.2, 0) is 4.74 Å². The fourth-order valence-corrected chi connectivity index (χ4v) is 6.53. The number of nitrogens with zero attached hydrogens (tertiary/aromatic N) is 3. The van der Waals surface area contributed by atoms with Crippen LogP contribution in [-0.4, -0.2) is 67.9 Å². The molecule has 0 unspecified atom stereocenters. The highest BCUT2D eigenvalue weighted by molar-refractivity contribution is 5.94. The Morgan fingerprint density at radius 3 is 2.44 bits per heavy atom. The van der Waals surface area contributed by atoms with Gasteiger partial charge in [0.05, 0.1) is 18.9 Å². The van der Waals surface area contributed by atoms with E-state index in [1.54, 1.807) is 12.1 Å². The average Bonchev–Trinajstić information content (AvgIpc) is 3.40. The molecule has 1 aliphatic carbocycles. The highest BCUT2D eigenvalue weighted by Crippen LogP contribution is 2.34. The summed E-state index contributed by atoms with van der Waals surface area (Å²) in [6.07, 6.45) is 7.74. The number of rotatable bonds is 7. The molecule has 3 heterocycles. The molecule has 0 bridgehead atoms. The van der Waals surface area contributed by atoms with Crippen molar-refractivity contribution >= 4 is 22.6 Å². The lowest BCUT2D eigenvalue weighted by atomic mass is 9.83. The monoisotopic (exact) mass is 534 g/mol. The number of likely N-dealkylation sites (tertiary alicyclic amines) is 1. The number of anilines is 1. The fourth-order valence-electron chi connectivity index (χ4n) is 6.53. The molecule has 2 saturated heterocycles. The first-order valence-electron chi connectivity index (χ1n) is 14.6. The number of carbonyl (C=O) groups is 1. The lowest BCUT2D eigenvalue weighted by Gasteiger charge is -2.34. The van der Waals surface area contributed by atoms with Crippen molar-refractivity contribution in [2.45, 2.75) is 56.9 Å². The van der Waals surface area contributed by atoms with Crippen LogP contribution in [0.15, 0.2) is 47.0 Å². The van der Waals surface area contributed by atoms with Gasteiger partial charge in [0.15, 0.2) is 5.58 Å². The van der Waals surface area contributed by atoms with Crippen molar-refractivity contribution in [3.8, 4) is 0 Å². The number of halogens is 1. The predicted octanol–water partition coefficient (Wildman–Crippen LogP) is 5.36. The first-order valence-corrected chi connectivity index (χ1v) is 14.6. The van der Waals surface area contributed by atoms with E-state index in [-0.39, 0.29) is 17.8 Å². The SMILES string of the molecule is O=C(N[C@H]1CC[C@H](CCN2CCC(c3noc4ccc(F)cc34)CC2)CC1)c1ccc(N2CCOCC2)cc1. The van der Waals surface area contributed by atoms with Crippen molar-refractivity contribution in [1.29, 1.82) is 0 Å². The number of piperidine rings is 1. The van der Waals surface area contributed by atoms with Crippen LogP contribution in [0.3, 0.4) is 0 Å². The minimum atomic E-state index is -0.239. The molecule has 0 spiro atoms. The number of carbonyl (C=O) groups excluding carboxylic acids is 1. The third-order valence-corrected chi connectivity index (χ3v) is 8.98. The molecule has 2 aromatic carbocycles. The van der Waals surface area contributed by atoms with Gasteiger partial charge in [0.25, 0.3) is 5.91 Å². The molecule has 6 rings (SSSR count). The highest BCUT2D eigenvalue weighted by Gasteiger charge is 2.27. The molecule has 1 saturated carbocycles. The number of fused-ring (bicyclic) bond motifs is 1. The molecule has 8 heteroatoms. The standard InChI is InChI=1S/C31H39FN4O3/c32-25-5-10-29-28(21-25)30(34-39-29)23-12-15-35(16-13-23)14-11-22-1-6-26(7-2-22)33-31(37)24-3-8-27(9-4-24)36-17-19-38-20-18-36/h3-5,8-10,21-23,26H,1-2,6-7,11-20H2,(H,33,37)/t22-,26-. The molecule has 0 radical (unpaired) electrons. The second-order valence-electron chi connectivity index (χ2n) is 11.5. The molecule has 7 nitrogen and oxygen atoms in total. The molecule has 1 amide bonds. The number of morpholine rings is 1. The Hall–Kier alpha value is -2.97. The summed E-state index contributed by atoms with van der Waals surface area (Å²) < 4.78 is 24.6. The number of benzene rings is 2. The van der Waals surface area contributed by atoms with Gasteiger partial charge in [-0.2, -0.15) is 0 Å². The van der Waals surface area contributed by atoms with Crippen molar-refractivity contribution in [3.05, 3.63) is 59.5 Å². The summed E-state index contributed by atoms with van der Waals surface area (Å²) in [6.45, 7) is 6.53. The van der Waals surface area contributed by atoms with E-state index in [1.807, 2.05) is 24.3 Å². The predicted molar refractivity (Wildman–Crippen MR) is 150 cm³/mol. The van der Waals surface area contributed by atoms with Crippen LogP contribution in [0.5, 0.6) is 0 Å². The molecular weight excluding hydrogens is 495 g/mol. The molecular formula is C31H39FN4O3. The van der Waals surface area contributed by atoms with Crippen molar-refractivity contribution in [2.24, 2.45) is 5.92 Å². The van der Waals surface area contributed by atoms with Gasteiger partial charge in [-0.05, 0) is 113 Å². The summed E-state index contributed by atoms with van der Waals surface area (Å²) in [7, 11) is 0. The maximum atomic E-state index is 13.7. The minimum absolute atomic E-state index is 0.0393. The summed E-state index contributed by atoms with van der Waals surface area (Å²) in [5, 5.41) is 8.37. The quantitative estimate of drug-likeness (QED) is 0.440. The van der Waals surface area contributed by atoms with Gasteiger partial charge in [0.2, 0.25) is 0 Å². The first kappa shape index (κ1) is 26.3. The average molecular weight is 535 g/mol. The maximum absolute atomic E-state index is 13.7. The van der Waals surface area contributed by atoms with Crippen molar-refractivity contribution in [2.75, 3.05) is 50.8 Å². The second kappa shape index (κ2) is 12.0. The highest BCUT2D eigenvalue weighted by atomic mass is 19.1. The summed E-state index contributed by atoms with van der Waals surface area (Å²) in [4.78, 5) is 17.7. The smallest absolute Gasteiger partial charge is 0.251 e. The van der Waals surface area contributed by atoms with Gasteiger partial charge in [-0.3, -0.25) is 4.79 Å². The van der Waals surface area contributed by atoms with Crippen LogP contribution in [0.2, 0.25) is 0 Å². The Morgan fingerprint density at radius 1 is 0.949 bits per heavy atom. The van der Waals surface area contributed by atoms with E-state index in [0.717, 1.165) is 99.9 Å². The molecule has 3 fully saturated rings. The number of ether oxygens (including phenoxy) is 1. The van der Waals surface area contributed by atoms with Crippen LogP contribution < -0.4 is 10.2 Å². The van der Waals surface area contributed by atoms with Gasteiger partial charge in [0, 0.05) is 41.7 Å². The topological polar surface area (TPSA) is 70.8 Å². The molecule has 3 aromatic rings. The van der Waals surface area contributed by atoms with Crippen LogP contribution >= 0.6 is 0 Å². The minimum Gasteiger partial charge on any atom is -0.378 e. The Bertz CT molecular complexity index is 1240. The van der Waals surface area contributed by atoms with Crippen LogP contribution in [0.25, 0.3) is 11.0 Å². The fraction of sp³-hybridized carbons (Fsp3) is 0.548. The Morgan fingerprint density at radius 2 is 1.69 bits per heavy atom. The number of aromatic nitrogens is 1. The number of hydrogen-bond acceptors (Lipinski definition) is 6. The van der Waals surface area contributed by atoms with E-state index in [4.69, 9.17) is 9.26 Å². The number of nitrogens with one attached hydrogen (secondary N) is 1.